The number of carbonyl (C=O) groups is 1. The molecule has 0 aliphatic heterocycles. The van der Waals surface area contributed by atoms with Crippen molar-refractivity contribution in [2.24, 2.45) is 0 Å². The molecule has 6 nitrogen and oxygen atoms in total. The SMILES string of the molecule is C[C@@H](Nc1ccc(NS(C)(=O)=O)cc1)C(=O)N[C@H](C)c1ccccc1. The summed E-state index contributed by atoms with van der Waals surface area (Å²) in [6.45, 7) is 3.71. The molecule has 7 heteroatoms. The maximum Gasteiger partial charge on any atom is 0.242 e. The molecule has 2 aromatic rings. The second-order valence-corrected chi connectivity index (χ2v) is 7.71. The summed E-state index contributed by atoms with van der Waals surface area (Å²) < 4.78 is 24.8. The van der Waals surface area contributed by atoms with Crippen LogP contribution in [0.1, 0.15) is 25.5 Å². The molecular formula is C18H23N3O3S. The van der Waals surface area contributed by atoms with E-state index < -0.39 is 16.1 Å². The van der Waals surface area contributed by atoms with Crippen molar-refractivity contribution < 1.29 is 13.2 Å². The molecule has 1 amide bonds. The molecule has 0 spiro atoms. The van der Waals surface area contributed by atoms with Gasteiger partial charge in [-0.2, -0.15) is 0 Å². The van der Waals surface area contributed by atoms with Gasteiger partial charge in [-0.25, -0.2) is 8.42 Å². The van der Waals surface area contributed by atoms with Crippen molar-refractivity contribution in [3.8, 4) is 0 Å². The molecule has 2 aromatic carbocycles. The smallest absolute Gasteiger partial charge is 0.242 e. The molecule has 0 fully saturated rings. The Balaban J connectivity index is 1.92. The zero-order chi connectivity index (χ0) is 18.4. The fourth-order valence-electron chi connectivity index (χ4n) is 2.33. The largest absolute Gasteiger partial charge is 0.374 e. The molecule has 0 bridgehead atoms. The molecular weight excluding hydrogens is 338 g/mol. The van der Waals surface area contributed by atoms with Crippen LogP contribution in [-0.4, -0.2) is 26.6 Å². The third-order valence-electron chi connectivity index (χ3n) is 3.62. The van der Waals surface area contributed by atoms with Crippen LogP contribution in [0.5, 0.6) is 0 Å². The lowest BCUT2D eigenvalue weighted by Gasteiger charge is -2.19. The third-order valence-corrected chi connectivity index (χ3v) is 4.23. The lowest BCUT2D eigenvalue weighted by Crippen LogP contribution is -2.38. The van der Waals surface area contributed by atoms with E-state index in [1.807, 2.05) is 37.3 Å². The second-order valence-electron chi connectivity index (χ2n) is 5.96. The van der Waals surface area contributed by atoms with Gasteiger partial charge in [0.15, 0.2) is 0 Å². The van der Waals surface area contributed by atoms with Gasteiger partial charge in [0.05, 0.1) is 12.3 Å². The first-order valence-electron chi connectivity index (χ1n) is 7.94. The van der Waals surface area contributed by atoms with Crippen molar-refractivity contribution in [3.05, 3.63) is 60.2 Å². The highest BCUT2D eigenvalue weighted by Crippen LogP contribution is 2.16. The average Bonchev–Trinajstić information content (AvgIpc) is 2.56. The number of benzene rings is 2. The number of carbonyl (C=O) groups excluding carboxylic acids is 1. The second kappa shape index (κ2) is 8.02. The molecule has 3 N–H and O–H groups in total. The lowest BCUT2D eigenvalue weighted by molar-refractivity contribution is -0.122. The maximum absolute atomic E-state index is 12.3. The van der Waals surface area contributed by atoms with Crippen LogP contribution in [0.4, 0.5) is 11.4 Å². The number of hydrogen-bond donors (Lipinski definition) is 3. The molecule has 0 radical (unpaired) electrons. The summed E-state index contributed by atoms with van der Waals surface area (Å²) in [7, 11) is -3.30. The Morgan fingerprint density at radius 2 is 1.48 bits per heavy atom. The van der Waals surface area contributed by atoms with Gasteiger partial charge in [0, 0.05) is 11.4 Å². The minimum atomic E-state index is -3.30. The van der Waals surface area contributed by atoms with Gasteiger partial charge < -0.3 is 10.6 Å². The molecule has 0 saturated carbocycles. The van der Waals surface area contributed by atoms with Crippen LogP contribution in [-0.2, 0) is 14.8 Å². The molecule has 134 valence electrons. The number of amides is 1. The van der Waals surface area contributed by atoms with Crippen molar-refractivity contribution >= 4 is 27.3 Å². The number of anilines is 2. The van der Waals surface area contributed by atoms with Crippen LogP contribution in [0.2, 0.25) is 0 Å². The lowest BCUT2D eigenvalue weighted by atomic mass is 10.1. The van der Waals surface area contributed by atoms with Gasteiger partial charge >= 0.3 is 0 Å². The van der Waals surface area contributed by atoms with Crippen LogP contribution in [0.25, 0.3) is 0 Å². The Hall–Kier alpha value is -2.54. The molecule has 0 aromatic heterocycles. The van der Waals surface area contributed by atoms with Crippen molar-refractivity contribution in [2.45, 2.75) is 25.9 Å². The molecule has 25 heavy (non-hydrogen) atoms. The third kappa shape index (κ3) is 6.11. The predicted octanol–water partition coefficient (Wildman–Crippen LogP) is 2.74. The van der Waals surface area contributed by atoms with Crippen LogP contribution < -0.4 is 15.4 Å². The first kappa shape index (κ1) is 18.8. The zero-order valence-corrected chi connectivity index (χ0v) is 15.3. The number of rotatable bonds is 7. The van der Waals surface area contributed by atoms with Crippen LogP contribution in [0.3, 0.4) is 0 Å². The van der Waals surface area contributed by atoms with Crippen molar-refractivity contribution in [2.75, 3.05) is 16.3 Å². The number of nitrogens with one attached hydrogen (secondary N) is 3. The first-order valence-corrected chi connectivity index (χ1v) is 9.83. The minimum absolute atomic E-state index is 0.0840. The Labute approximate surface area is 148 Å². The summed E-state index contributed by atoms with van der Waals surface area (Å²) in [4.78, 5) is 12.3. The normalized spacial score (nSPS) is 13.6. The monoisotopic (exact) mass is 361 g/mol. The quantitative estimate of drug-likeness (QED) is 0.708. The predicted molar refractivity (Wildman–Crippen MR) is 101 cm³/mol. The molecule has 0 unspecified atom stereocenters. The van der Waals surface area contributed by atoms with Crippen LogP contribution in [0.15, 0.2) is 54.6 Å². The molecule has 2 rings (SSSR count). The highest BCUT2D eigenvalue weighted by molar-refractivity contribution is 7.92. The Morgan fingerprint density at radius 3 is 2.04 bits per heavy atom. The summed E-state index contributed by atoms with van der Waals surface area (Å²) in [5.74, 6) is -0.116. The van der Waals surface area contributed by atoms with E-state index >= 15 is 0 Å². The van der Waals surface area contributed by atoms with Gasteiger partial charge in [0.25, 0.3) is 0 Å². The van der Waals surface area contributed by atoms with E-state index in [9.17, 15) is 13.2 Å². The molecule has 0 saturated heterocycles. The molecule has 0 aliphatic rings. The van der Waals surface area contributed by atoms with Gasteiger partial charge in [-0.3, -0.25) is 9.52 Å². The summed E-state index contributed by atoms with van der Waals surface area (Å²) in [6, 6.07) is 15.9. The Kier molecular flexibility index (Phi) is 6.03. The maximum atomic E-state index is 12.3. The van der Waals surface area contributed by atoms with E-state index in [4.69, 9.17) is 0 Å². The van der Waals surface area contributed by atoms with E-state index in [-0.39, 0.29) is 11.9 Å². The van der Waals surface area contributed by atoms with E-state index in [2.05, 4.69) is 15.4 Å². The van der Waals surface area contributed by atoms with Gasteiger partial charge in [0.2, 0.25) is 15.9 Å². The van der Waals surface area contributed by atoms with E-state index in [0.29, 0.717) is 5.69 Å². The highest BCUT2D eigenvalue weighted by Gasteiger charge is 2.16. The topological polar surface area (TPSA) is 87.3 Å². The highest BCUT2D eigenvalue weighted by atomic mass is 32.2. The first-order chi connectivity index (χ1) is 11.7. The number of hydrogen-bond acceptors (Lipinski definition) is 4. The van der Waals surface area contributed by atoms with Gasteiger partial charge in [0.1, 0.15) is 6.04 Å². The van der Waals surface area contributed by atoms with Gasteiger partial charge in [-0.05, 0) is 43.7 Å². The van der Waals surface area contributed by atoms with Crippen molar-refractivity contribution in [1.29, 1.82) is 0 Å². The molecule has 0 heterocycles. The standard InChI is InChI=1S/C18H23N3O3S/c1-13(15-7-5-4-6-8-15)20-18(22)14(2)19-16-9-11-17(12-10-16)21-25(3,23)24/h4-14,19,21H,1-3H3,(H,20,22)/t13-,14-/m1/s1. The summed E-state index contributed by atoms with van der Waals surface area (Å²) in [6.07, 6.45) is 1.10. The minimum Gasteiger partial charge on any atom is -0.374 e. The Morgan fingerprint density at radius 1 is 0.920 bits per heavy atom. The fourth-order valence-corrected chi connectivity index (χ4v) is 2.89. The molecule has 2 atom stereocenters. The summed E-state index contributed by atoms with van der Waals surface area (Å²) in [5.41, 5.74) is 2.25. The van der Waals surface area contributed by atoms with E-state index in [1.165, 1.54) is 0 Å². The zero-order valence-electron chi connectivity index (χ0n) is 14.5. The summed E-state index contributed by atoms with van der Waals surface area (Å²) in [5, 5.41) is 6.06. The van der Waals surface area contributed by atoms with Gasteiger partial charge in [-0.1, -0.05) is 30.3 Å². The average molecular weight is 361 g/mol. The van der Waals surface area contributed by atoms with E-state index in [0.717, 1.165) is 17.5 Å². The number of sulfonamides is 1. The summed E-state index contributed by atoms with van der Waals surface area (Å²) >= 11 is 0. The van der Waals surface area contributed by atoms with Crippen LogP contribution >= 0.6 is 0 Å². The Bertz CT molecular complexity index is 805. The fraction of sp³-hybridized carbons (Fsp3) is 0.278. The van der Waals surface area contributed by atoms with E-state index in [1.54, 1.807) is 31.2 Å². The van der Waals surface area contributed by atoms with Crippen LogP contribution in [0, 0.1) is 0 Å². The molecule has 0 aliphatic carbocycles. The van der Waals surface area contributed by atoms with Crippen molar-refractivity contribution in [1.82, 2.24) is 5.32 Å². The van der Waals surface area contributed by atoms with Gasteiger partial charge in [-0.15, -0.1) is 0 Å². The van der Waals surface area contributed by atoms with Crippen molar-refractivity contribution in [3.63, 3.8) is 0 Å².